The van der Waals surface area contributed by atoms with Crippen LogP contribution in [0.15, 0.2) is 10.5 Å². The van der Waals surface area contributed by atoms with Crippen LogP contribution in [0.2, 0.25) is 0 Å². The Bertz CT molecular complexity index is 471. The average Bonchev–Trinajstić information content (AvgIpc) is 2.76. The zero-order chi connectivity index (χ0) is 14.9. The van der Waals surface area contributed by atoms with Crippen LogP contribution in [0.25, 0.3) is 0 Å². The van der Waals surface area contributed by atoms with Crippen LogP contribution in [0, 0.1) is 13.8 Å². The van der Waals surface area contributed by atoms with Gasteiger partial charge >= 0.3 is 0 Å². The summed E-state index contributed by atoms with van der Waals surface area (Å²) in [5.74, 6) is 1.61. The first-order valence-electron chi connectivity index (χ1n) is 7.48. The van der Waals surface area contributed by atoms with Gasteiger partial charge in [-0.1, -0.05) is 0 Å². The Morgan fingerprint density at radius 2 is 1.95 bits per heavy atom. The number of hydrogen-bond acceptors (Lipinski definition) is 3. The smallest absolute Gasteiger partial charge is 0.257 e. The molecule has 0 radical (unpaired) electrons. The van der Waals surface area contributed by atoms with Crippen LogP contribution in [0.3, 0.4) is 0 Å². The van der Waals surface area contributed by atoms with Crippen LogP contribution in [-0.2, 0) is 0 Å². The first-order chi connectivity index (χ1) is 9.40. The molecule has 1 saturated heterocycles. The summed E-state index contributed by atoms with van der Waals surface area (Å²) in [6.07, 6.45) is 2.10. The van der Waals surface area contributed by atoms with E-state index in [4.69, 9.17) is 4.42 Å². The Morgan fingerprint density at radius 3 is 2.40 bits per heavy atom. The zero-order valence-electron chi connectivity index (χ0n) is 13.3. The number of likely N-dealkylation sites (tertiary alicyclic amines) is 1. The van der Waals surface area contributed by atoms with E-state index in [-0.39, 0.29) is 5.91 Å². The number of piperidine rings is 1. The first-order valence-corrected chi connectivity index (χ1v) is 7.48. The second-order valence-corrected chi connectivity index (χ2v) is 6.10. The number of amides is 1. The molecular weight excluding hydrogens is 252 g/mol. The number of nitrogens with zero attached hydrogens (tertiary/aromatic N) is 2. The minimum atomic E-state index is 0.0855. The highest BCUT2D eigenvalue weighted by atomic mass is 16.3. The molecule has 1 aromatic heterocycles. The number of carbonyl (C=O) groups excluding carboxylic acids is 1. The zero-order valence-corrected chi connectivity index (χ0v) is 13.3. The van der Waals surface area contributed by atoms with Gasteiger partial charge in [0.15, 0.2) is 0 Å². The number of hydrogen-bond donors (Lipinski definition) is 0. The SMILES string of the molecule is Cc1cc(C(=O)N(C)C2CCN(C(C)C)CC2)c(C)o1. The Kier molecular flexibility index (Phi) is 4.53. The standard InChI is InChI=1S/C16H26N2O2/c1-11(2)18-8-6-14(7-9-18)17(5)16(19)15-10-12(3)20-13(15)4/h10-11,14H,6-9H2,1-5H3. The fourth-order valence-corrected chi connectivity index (χ4v) is 2.99. The maximum atomic E-state index is 12.5. The molecule has 4 nitrogen and oxygen atoms in total. The van der Waals surface area contributed by atoms with Crippen LogP contribution in [-0.4, -0.2) is 47.9 Å². The maximum absolute atomic E-state index is 12.5. The van der Waals surface area contributed by atoms with E-state index in [1.807, 2.05) is 31.9 Å². The van der Waals surface area contributed by atoms with E-state index in [9.17, 15) is 4.79 Å². The predicted octanol–water partition coefficient (Wildman–Crippen LogP) is 2.84. The molecule has 0 atom stereocenters. The second kappa shape index (κ2) is 6.00. The molecule has 2 rings (SSSR count). The van der Waals surface area contributed by atoms with Gasteiger partial charge in [0.2, 0.25) is 0 Å². The van der Waals surface area contributed by atoms with Crippen LogP contribution < -0.4 is 0 Å². The van der Waals surface area contributed by atoms with Crippen molar-refractivity contribution in [2.45, 2.75) is 52.6 Å². The molecule has 1 fully saturated rings. The number of furan rings is 1. The third kappa shape index (κ3) is 3.06. The van der Waals surface area contributed by atoms with E-state index >= 15 is 0 Å². The fraction of sp³-hybridized carbons (Fsp3) is 0.688. The maximum Gasteiger partial charge on any atom is 0.257 e. The highest BCUT2D eigenvalue weighted by molar-refractivity contribution is 5.95. The molecule has 0 bridgehead atoms. The molecule has 4 heteroatoms. The van der Waals surface area contributed by atoms with Gasteiger partial charge in [-0.2, -0.15) is 0 Å². The van der Waals surface area contributed by atoms with Crippen molar-refractivity contribution in [3.63, 3.8) is 0 Å². The highest BCUT2D eigenvalue weighted by Gasteiger charge is 2.28. The molecule has 0 aromatic carbocycles. The predicted molar refractivity (Wildman–Crippen MR) is 80.0 cm³/mol. The Balaban J connectivity index is 2.00. The lowest BCUT2D eigenvalue weighted by Gasteiger charge is -2.38. The number of carbonyl (C=O) groups is 1. The van der Waals surface area contributed by atoms with Crippen molar-refractivity contribution in [2.75, 3.05) is 20.1 Å². The molecule has 1 aliphatic rings. The van der Waals surface area contributed by atoms with E-state index in [1.54, 1.807) is 0 Å². The Labute approximate surface area is 121 Å². The van der Waals surface area contributed by atoms with E-state index in [0.29, 0.717) is 17.6 Å². The minimum absolute atomic E-state index is 0.0855. The largest absolute Gasteiger partial charge is 0.466 e. The minimum Gasteiger partial charge on any atom is -0.466 e. The van der Waals surface area contributed by atoms with Gasteiger partial charge in [-0.25, -0.2) is 0 Å². The third-order valence-electron chi connectivity index (χ3n) is 4.37. The molecule has 1 amide bonds. The van der Waals surface area contributed by atoms with Crippen molar-refractivity contribution in [3.8, 4) is 0 Å². The quantitative estimate of drug-likeness (QED) is 0.853. The topological polar surface area (TPSA) is 36.7 Å². The lowest BCUT2D eigenvalue weighted by atomic mass is 10.0. The van der Waals surface area contributed by atoms with Gasteiger partial charge in [0, 0.05) is 32.2 Å². The summed E-state index contributed by atoms with van der Waals surface area (Å²) >= 11 is 0. The first kappa shape index (κ1) is 15.1. The van der Waals surface area contributed by atoms with Gasteiger partial charge in [0.05, 0.1) is 5.56 Å². The molecule has 1 aromatic rings. The molecule has 0 aliphatic carbocycles. The van der Waals surface area contributed by atoms with E-state index in [1.165, 1.54) is 0 Å². The molecule has 2 heterocycles. The molecule has 0 saturated carbocycles. The summed E-state index contributed by atoms with van der Waals surface area (Å²) in [6.45, 7) is 10.3. The number of rotatable bonds is 3. The van der Waals surface area contributed by atoms with Crippen LogP contribution in [0.4, 0.5) is 0 Å². The molecule has 20 heavy (non-hydrogen) atoms. The average molecular weight is 278 g/mol. The van der Waals surface area contributed by atoms with E-state index in [2.05, 4.69) is 18.7 Å². The van der Waals surface area contributed by atoms with Crippen molar-refractivity contribution in [3.05, 3.63) is 23.2 Å². The molecule has 1 aliphatic heterocycles. The second-order valence-electron chi connectivity index (χ2n) is 6.10. The molecule has 0 unspecified atom stereocenters. The summed E-state index contributed by atoms with van der Waals surface area (Å²) in [6, 6.07) is 2.78. The molecular formula is C16H26N2O2. The molecule has 0 spiro atoms. The van der Waals surface area contributed by atoms with Crippen molar-refractivity contribution in [1.29, 1.82) is 0 Å². The van der Waals surface area contributed by atoms with Crippen molar-refractivity contribution >= 4 is 5.91 Å². The summed E-state index contributed by atoms with van der Waals surface area (Å²) < 4.78 is 5.47. The van der Waals surface area contributed by atoms with Crippen LogP contribution >= 0.6 is 0 Å². The highest BCUT2D eigenvalue weighted by Crippen LogP contribution is 2.21. The molecule has 112 valence electrons. The normalized spacial score (nSPS) is 17.7. The van der Waals surface area contributed by atoms with Gasteiger partial charge < -0.3 is 14.2 Å². The van der Waals surface area contributed by atoms with Gasteiger partial charge in [0.1, 0.15) is 11.5 Å². The molecule has 0 N–H and O–H groups in total. The van der Waals surface area contributed by atoms with Crippen molar-refractivity contribution in [2.24, 2.45) is 0 Å². The number of aryl methyl sites for hydroxylation is 2. The van der Waals surface area contributed by atoms with Crippen LogP contribution in [0.1, 0.15) is 48.6 Å². The van der Waals surface area contributed by atoms with Gasteiger partial charge in [0.25, 0.3) is 5.91 Å². The van der Waals surface area contributed by atoms with Crippen LogP contribution in [0.5, 0.6) is 0 Å². The summed E-state index contributed by atoms with van der Waals surface area (Å²) in [5.41, 5.74) is 0.705. The van der Waals surface area contributed by atoms with Crippen molar-refractivity contribution in [1.82, 2.24) is 9.80 Å². The van der Waals surface area contributed by atoms with Gasteiger partial charge in [-0.15, -0.1) is 0 Å². The summed E-state index contributed by atoms with van der Waals surface area (Å²) in [4.78, 5) is 16.9. The third-order valence-corrected chi connectivity index (χ3v) is 4.37. The monoisotopic (exact) mass is 278 g/mol. The Morgan fingerprint density at radius 1 is 1.35 bits per heavy atom. The lowest BCUT2D eigenvalue weighted by molar-refractivity contribution is 0.0613. The van der Waals surface area contributed by atoms with Gasteiger partial charge in [-0.05, 0) is 46.6 Å². The van der Waals surface area contributed by atoms with Gasteiger partial charge in [-0.3, -0.25) is 4.79 Å². The summed E-state index contributed by atoms with van der Waals surface area (Å²) in [7, 11) is 1.92. The van der Waals surface area contributed by atoms with E-state index in [0.717, 1.165) is 37.5 Å². The van der Waals surface area contributed by atoms with Crippen molar-refractivity contribution < 1.29 is 9.21 Å². The van der Waals surface area contributed by atoms with E-state index < -0.39 is 0 Å². The fourth-order valence-electron chi connectivity index (χ4n) is 2.99. The lowest BCUT2D eigenvalue weighted by Crippen LogP contribution is -2.47. The summed E-state index contributed by atoms with van der Waals surface area (Å²) in [5, 5.41) is 0. The Hall–Kier alpha value is -1.29.